The highest BCUT2D eigenvalue weighted by molar-refractivity contribution is 8.03. The van der Waals surface area contributed by atoms with Crippen LogP contribution in [0.2, 0.25) is 0 Å². The number of carbonyl (C=O) groups is 1. The fourth-order valence-corrected chi connectivity index (χ4v) is 5.34. The topological polar surface area (TPSA) is 54.9 Å². The zero-order valence-electron chi connectivity index (χ0n) is 13.1. The summed E-state index contributed by atoms with van der Waals surface area (Å²) in [7, 11) is 0. The second-order valence-corrected chi connectivity index (χ2v) is 9.25. The van der Waals surface area contributed by atoms with Gasteiger partial charge in [-0.15, -0.1) is 10.2 Å². The van der Waals surface area contributed by atoms with Crippen molar-refractivity contribution in [3.8, 4) is 0 Å². The van der Waals surface area contributed by atoms with Crippen LogP contribution in [-0.2, 0) is 4.79 Å². The molecule has 4 nitrogen and oxygen atoms in total. The molecule has 0 saturated heterocycles. The quantitative estimate of drug-likeness (QED) is 0.560. The second-order valence-electron chi connectivity index (χ2n) is 5.18. The molecular weight excluding hydrogens is 334 g/mol. The first kappa shape index (κ1) is 17.8. The fourth-order valence-electron chi connectivity index (χ4n) is 2.25. The normalized spacial score (nSPS) is 16.2. The number of carbonyl (C=O) groups excluding carboxylic acids is 1. The van der Waals surface area contributed by atoms with E-state index < -0.39 is 0 Å². The number of aromatic nitrogens is 2. The van der Waals surface area contributed by atoms with Crippen LogP contribution in [0.5, 0.6) is 0 Å². The van der Waals surface area contributed by atoms with Gasteiger partial charge in [-0.05, 0) is 44.8 Å². The molecule has 0 fully saturated rings. The molecule has 1 unspecified atom stereocenters. The van der Waals surface area contributed by atoms with E-state index in [1.807, 2.05) is 6.92 Å². The number of allylic oxidation sites excluding steroid dienone is 1. The van der Waals surface area contributed by atoms with Gasteiger partial charge in [0.05, 0.1) is 5.25 Å². The van der Waals surface area contributed by atoms with E-state index in [2.05, 4.69) is 28.5 Å². The van der Waals surface area contributed by atoms with Crippen molar-refractivity contribution in [2.75, 3.05) is 12.3 Å². The molecule has 0 radical (unpaired) electrons. The molecule has 0 aromatic carbocycles. The largest absolute Gasteiger partial charge is 0.355 e. The minimum Gasteiger partial charge on any atom is -0.355 e. The van der Waals surface area contributed by atoms with Crippen molar-refractivity contribution in [1.29, 1.82) is 0 Å². The Bertz CT molecular complexity index is 516. The van der Waals surface area contributed by atoms with Crippen LogP contribution in [-0.4, -0.2) is 33.7 Å². The highest BCUT2D eigenvalue weighted by atomic mass is 32.2. The van der Waals surface area contributed by atoms with Crippen LogP contribution >= 0.6 is 34.9 Å². The minimum absolute atomic E-state index is 0.0845. The standard InChI is InChI=1S/C15H23N3OS3/c1-3-20-14-17-18-15(22-14)21-11(2)13(19)16-10-9-12-7-5-4-6-8-12/h7,11H,3-6,8-10H2,1-2H3,(H,16,19). The molecule has 1 aliphatic rings. The van der Waals surface area contributed by atoms with Crippen molar-refractivity contribution in [2.45, 2.75) is 59.9 Å². The van der Waals surface area contributed by atoms with Gasteiger partial charge in [-0.2, -0.15) is 0 Å². The monoisotopic (exact) mass is 357 g/mol. The van der Waals surface area contributed by atoms with Crippen LogP contribution in [0.15, 0.2) is 20.3 Å². The van der Waals surface area contributed by atoms with Crippen LogP contribution < -0.4 is 5.32 Å². The van der Waals surface area contributed by atoms with Crippen LogP contribution in [0.25, 0.3) is 0 Å². The number of rotatable bonds is 8. The molecular formula is C15H23N3OS3. The number of nitrogens with one attached hydrogen (secondary N) is 1. The Labute approximate surface area is 144 Å². The molecule has 1 aliphatic carbocycles. The predicted octanol–water partition coefficient (Wildman–Crippen LogP) is 4.14. The van der Waals surface area contributed by atoms with E-state index in [1.165, 1.54) is 43.0 Å². The van der Waals surface area contributed by atoms with Crippen LogP contribution in [0.3, 0.4) is 0 Å². The molecule has 1 heterocycles. The lowest BCUT2D eigenvalue weighted by Gasteiger charge is -2.14. The smallest absolute Gasteiger partial charge is 0.233 e. The third-order valence-electron chi connectivity index (χ3n) is 3.43. The maximum Gasteiger partial charge on any atom is 0.233 e. The maximum atomic E-state index is 12.1. The lowest BCUT2D eigenvalue weighted by atomic mass is 9.97. The van der Waals surface area contributed by atoms with Crippen LogP contribution in [0, 0.1) is 0 Å². The molecule has 0 spiro atoms. The zero-order chi connectivity index (χ0) is 15.8. The third-order valence-corrected chi connectivity index (χ3v) is 6.56. The van der Waals surface area contributed by atoms with Crippen molar-refractivity contribution >= 4 is 40.8 Å². The third kappa shape index (κ3) is 5.93. The van der Waals surface area contributed by atoms with Crippen molar-refractivity contribution < 1.29 is 4.79 Å². The van der Waals surface area contributed by atoms with E-state index in [4.69, 9.17) is 0 Å². The number of hydrogen-bond acceptors (Lipinski definition) is 6. The zero-order valence-corrected chi connectivity index (χ0v) is 15.6. The van der Waals surface area contributed by atoms with Gasteiger partial charge >= 0.3 is 0 Å². The Morgan fingerprint density at radius 3 is 2.95 bits per heavy atom. The Morgan fingerprint density at radius 2 is 2.23 bits per heavy atom. The average Bonchev–Trinajstić information content (AvgIpc) is 2.96. The summed E-state index contributed by atoms with van der Waals surface area (Å²) >= 11 is 4.74. The minimum atomic E-state index is -0.132. The summed E-state index contributed by atoms with van der Waals surface area (Å²) in [5.74, 6) is 1.08. The Morgan fingerprint density at radius 1 is 1.41 bits per heavy atom. The van der Waals surface area contributed by atoms with Crippen LogP contribution in [0.1, 0.15) is 46.0 Å². The number of amides is 1. The van der Waals surface area contributed by atoms with E-state index in [0.717, 1.165) is 27.4 Å². The summed E-state index contributed by atoms with van der Waals surface area (Å²) in [5, 5.41) is 11.1. The molecule has 1 amide bonds. The predicted molar refractivity (Wildman–Crippen MR) is 95.8 cm³/mol. The molecule has 0 saturated carbocycles. The summed E-state index contributed by atoms with van der Waals surface area (Å²) in [6, 6.07) is 0. The van der Waals surface area contributed by atoms with Gasteiger partial charge in [-0.3, -0.25) is 4.79 Å². The number of hydrogen-bond donors (Lipinski definition) is 1. The summed E-state index contributed by atoms with van der Waals surface area (Å²) in [4.78, 5) is 12.1. The lowest BCUT2D eigenvalue weighted by molar-refractivity contribution is -0.120. The Balaban J connectivity index is 1.70. The SMILES string of the molecule is CCSc1nnc(SC(C)C(=O)NCCC2=CCCCC2)s1. The van der Waals surface area contributed by atoms with Gasteiger partial charge in [0.25, 0.3) is 0 Å². The molecule has 0 bridgehead atoms. The van der Waals surface area contributed by atoms with Crippen molar-refractivity contribution in [1.82, 2.24) is 15.5 Å². The van der Waals surface area contributed by atoms with Gasteiger partial charge < -0.3 is 5.32 Å². The Kier molecular flexibility index (Phi) is 7.75. The van der Waals surface area contributed by atoms with Crippen molar-refractivity contribution in [3.05, 3.63) is 11.6 Å². The van der Waals surface area contributed by atoms with Gasteiger partial charge in [0, 0.05) is 6.54 Å². The first-order valence-corrected chi connectivity index (χ1v) is 10.5. The van der Waals surface area contributed by atoms with Crippen molar-refractivity contribution in [3.63, 3.8) is 0 Å². The lowest BCUT2D eigenvalue weighted by Crippen LogP contribution is -2.31. The van der Waals surface area contributed by atoms with Gasteiger partial charge in [0.2, 0.25) is 5.91 Å². The summed E-state index contributed by atoms with van der Waals surface area (Å²) in [6.07, 6.45) is 8.32. The van der Waals surface area contributed by atoms with E-state index >= 15 is 0 Å². The molecule has 7 heteroatoms. The van der Waals surface area contributed by atoms with E-state index in [9.17, 15) is 4.79 Å². The molecule has 122 valence electrons. The molecule has 2 rings (SSSR count). The number of thioether (sulfide) groups is 2. The molecule has 1 aromatic rings. The van der Waals surface area contributed by atoms with E-state index in [-0.39, 0.29) is 11.2 Å². The highest BCUT2D eigenvalue weighted by Crippen LogP contribution is 2.31. The van der Waals surface area contributed by atoms with Gasteiger partial charge in [0.1, 0.15) is 0 Å². The van der Waals surface area contributed by atoms with Gasteiger partial charge in [0.15, 0.2) is 8.68 Å². The van der Waals surface area contributed by atoms with Gasteiger partial charge in [-0.25, -0.2) is 0 Å². The fraction of sp³-hybridized carbons (Fsp3) is 0.667. The van der Waals surface area contributed by atoms with Gasteiger partial charge in [-0.1, -0.05) is 53.4 Å². The highest BCUT2D eigenvalue weighted by Gasteiger charge is 2.17. The maximum absolute atomic E-state index is 12.1. The molecule has 22 heavy (non-hydrogen) atoms. The summed E-state index contributed by atoms with van der Waals surface area (Å²) in [6.45, 7) is 4.76. The van der Waals surface area contributed by atoms with Crippen LogP contribution in [0.4, 0.5) is 0 Å². The Hall–Kier alpha value is -0.530. The number of nitrogens with zero attached hydrogens (tertiary/aromatic N) is 2. The van der Waals surface area contributed by atoms with E-state index in [0.29, 0.717) is 0 Å². The summed E-state index contributed by atoms with van der Waals surface area (Å²) in [5.41, 5.74) is 1.50. The molecule has 0 aliphatic heterocycles. The molecule has 1 N–H and O–H groups in total. The molecule has 1 atom stereocenters. The summed E-state index contributed by atoms with van der Waals surface area (Å²) < 4.78 is 1.84. The second kappa shape index (κ2) is 9.57. The average molecular weight is 358 g/mol. The first-order valence-electron chi connectivity index (χ1n) is 7.77. The van der Waals surface area contributed by atoms with Crippen molar-refractivity contribution in [2.24, 2.45) is 0 Å². The first-order chi connectivity index (χ1) is 10.7. The van der Waals surface area contributed by atoms with E-state index in [1.54, 1.807) is 23.1 Å². The molecule has 1 aromatic heterocycles.